The Labute approximate surface area is 108 Å². The number of carbonyl (C=O) groups excluding carboxylic acids is 3. The van der Waals surface area contributed by atoms with E-state index in [1.807, 2.05) is 0 Å². The van der Waals surface area contributed by atoms with E-state index in [2.05, 4.69) is 10.6 Å². The van der Waals surface area contributed by atoms with Crippen molar-refractivity contribution in [3.63, 3.8) is 0 Å². The summed E-state index contributed by atoms with van der Waals surface area (Å²) in [7, 11) is 0. The summed E-state index contributed by atoms with van der Waals surface area (Å²) in [6.07, 6.45) is 0. The third-order valence-electron chi connectivity index (χ3n) is 2.43. The maximum Gasteiger partial charge on any atom is 0.329 e. The van der Waals surface area contributed by atoms with E-state index in [-0.39, 0.29) is 19.7 Å². The molecule has 1 aliphatic heterocycles. The number of hydrogen-bond donors (Lipinski definition) is 3. The van der Waals surface area contributed by atoms with Crippen molar-refractivity contribution in [1.82, 2.24) is 15.5 Å². The van der Waals surface area contributed by atoms with Gasteiger partial charge in [0, 0.05) is 6.54 Å². The lowest BCUT2D eigenvalue weighted by molar-refractivity contribution is -0.142. The van der Waals surface area contributed by atoms with E-state index in [1.54, 1.807) is 0 Å². The molecule has 1 unspecified atom stereocenters. The van der Waals surface area contributed by atoms with Gasteiger partial charge in [-0.3, -0.25) is 14.9 Å². The number of ether oxygens (including phenoxy) is 1. The molecule has 0 radical (unpaired) electrons. The van der Waals surface area contributed by atoms with Crippen molar-refractivity contribution in [2.45, 2.75) is 13.0 Å². The number of imide groups is 1. The molecule has 3 N–H and O–H groups in total. The molecular formula is C10H15N3O6. The fourth-order valence-corrected chi connectivity index (χ4v) is 1.45. The van der Waals surface area contributed by atoms with E-state index in [0.717, 1.165) is 4.90 Å². The fourth-order valence-electron chi connectivity index (χ4n) is 1.45. The van der Waals surface area contributed by atoms with Gasteiger partial charge in [0.15, 0.2) is 0 Å². The summed E-state index contributed by atoms with van der Waals surface area (Å²) in [4.78, 5) is 45.4. The summed E-state index contributed by atoms with van der Waals surface area (Å²) in [6, 6.07) is -1.31. The molecule has 0 spiro atoms. The molecule has 106 valence electrons. The number of nitrogens with zero attached hydrogens (tertiary/aromatic N) is 1. The first-order valence-electron chi connectivity index (χ1n) is 5.59. The molecule has 0 aromatic rings. The zero-order chi connectivity index (χ0) is 14.4. The first kappa shape index (κ1) is 14.9. The zero-order valence-corrected chi connectivity index (χ0v) is 10.3. The van der Waals surface area contributed by atoms with Crippen LogP contribution in [-0.2, 0) is 19.1 Å². The Morgan fingerprint density at radius 2 is 2.21 bits per heavy atom. The number of nitrogens with one attached hydrogen (secondary N) is 2. The van der Waals surface area contributed by atoms with Crippen molar-refractivity contribution in [2.75, 3.05) is 26.3 Å². The van der Waals surface area contributed by atoms with E-state index in [1.165, 1.54) is 6.92 Å². The van der Waals surface area contributed by atoms with Crippen LogP contribution in [0.15, 0.2) is 0 Å². The second-order valence-corrected chi connectivity index (χ2v) is 3.89. The normalized spacial score (nSPS) is 19.0. The molecule has 1 rings (SSSR count). The third kappa shape index (κ3) is 4.54. The largest absolute Gasteiger partial charge is 0.480 e. The van der Waals surface area contributed by atoms with E-state index >= 15 is 0 Å². The Balaban J connectivity index is 2.34. The Morgan fingerprint density at radius 3 is 2.84 bits per heavy atom. The van der Waals surface area contributed by atoms with Crippen LogP contribution in [0.5, 0.6) is 0 Å². The maximum atomic E-state index is 11.7. The first-order valence-corrected chi connectivity index (χ1v) is 5.59. The lowest BCUT2D eigenvalue weighted by atomic mass is 10.2. The quantitative estimate of drug-likeness (QED) is 0.398. The molecule has 0 bridgehead atoms. The topological polar surface area (TPSA) is 125 Å². The number of amides is 4. The maximum absolute atomic E-state index is 11.7. The lowest BCUT2D eigenvalue weighted by Gasteiger charge is -2.31. The van der Waals surface area contributed by atoms with Crippen LogP contribution in [0.3, 0.4) is 0 Å². The van der Waals surface area contributed by atoms with Crippen molar-refractivity contribution >= 4 is 23.8 Å². The van der Waals surface area contributed by atoms with Gasteiger partial charge in [-0.1, -0.05) is 0 Å². The Morgan fingerprint density at radius 1 is 1.53 bits per heavy atom. The van der Waals surface area contributed by atoms with Crippen LogP contribution in [0.1, 0.15) is 6.92 Å². The zero-order valence-electron chi connectivity index (χ0n) is 10.3. The van der Waals surface area contributed by atoms with E-state index < -0.39 is 36.5 Å². The van der Waals surface area contributed by atoms with Crippen LogP contribution in [0.4, 0.5) is 4.79 Å². The number of piperazine rings is 1. The van der Waals surface area contributed by atoms with Gasteiger partial charge in [0.05, 0.1) is 6.61 Å². The summed E-state index contributed by atoms with van der Waals surface area (Å²) in [6.45, 7) is 0.972. The van der Waals surface area contributed by atoms with Gasteiger partial charge in [0.2, 0.25) is 11.8 Å². The minimum Gasteiger partial charge on any atom is -0.480 e. The standard InChI is InChI=1S/C10H15N3O6/c1-6-9(17)12-7(14)4-13(6)10(18)11-2-3-19-5-8(15)16/h6H,2-5H2,1H3,(H,11,18)(H,15,16)(H,12,14,17). The first-order chi connectivity index (χ1) is 8.91. The molecule has 1 aliphatic rings. The number of rotatable bonds is 5. The van der Waals surface area contributed by atoms with E-state index in [4.69, 9.17) is 9.84 Å². The summed E-state index contributed by atoms with van der Waals surface area (Å²) in [5.41, 5.74) is 0. The monoisotopic (exact) mass is 273 g/mol. The van der Waals surface area contributed by atoms with Crippen LogP contribution >= 0.6 is 0 Å². The van der Waals surface area contributed by atoms with E-state index in [9.17, 15) is 19.2 Å². The molecule has 0 aromatic carbocycles. The molecule has 1 atom stereocenters. The molecule has 4 amide bonds. The van der Waals surface area contributed by atoms with Gasteiger partial charge in [-0.15, -0.1) is 0 Å². The lowest BCUT2D eigenvalue weighted by Crippen LogP contribution is -2.60. The van der Waals surface area contributed by atoms with Crippen molar-refractivity contribution in [2.24, 2.45) is 0 Å². The molecule has 1 fully saturated rings. The van der Waals surface area contributed by atoms with Crippen molar-refractivity contribution < 1.29 is 29.0 Å². The predicted octanol–water partition coefficient (Wildman–Crippen LogP) is -1.86. The molecule has 9 heteroatoms. The van der Waals surface area contributed by atoms with Gasteiger partial charge < -0.3 is 20.1 Å². The molecule has 1 saturated heterocycles. The Kier molecular flexibility index (Phi) is 5.24. The number of hydrogen-bond acceptors (Lipinski definition) is 5. The molecule has 19 heavy (non-hydrogen) atoms. The highest BCUT2D eigenvalue weighted by Crippen LogP contribution is 2.04. The van der Waals surface area contributed by atoms with Gasteiger partial charge in [0.25, 0.3) is 0 Å². The summed E-state index contributed by atoms with van der Waals surface area (Å²) in [5.74, 6) is -2.17. The summed E-state index contributed by atoms with van der Waals surface area (Å²) in [5, 5.41) is 12.9. The molecule has 9 nitrogen and oxygen atoms in total. The smallest absolute Gasteiger partial charge is 0.329 e. The van der Waals surface area contributed by atoms with Crippen LogP contribution < -0.4 is 10.6 Å². The van der Waals surface area contributed by atoms with Gasteiger partial charge in [-0.05, 0) is 6.92 Å². The fraction of sp³-hybridized carbons (Fsp3) is 0.600. The van der Waals surface area contributed by atoms with Crippen LogP contribution in [0, 0.1) is 0 Å². The summed E-state index contributed by atoms with van der Waals surface area (Å²) < 4.78 is 4.72. The predicted molar refractivity (Wildman–Crippen MR) is 61.2 cm³/mol. The van der Waals surface area contributed by atoms with Crippen LogP contribution in [0.25, 0.3) is 0 Å². The second-order valence-electron chi connectivity index (χ2n) is 3.89. The number of carboxylic acids is 1. The number of urea groups is 1. The summed E-state index contributed by atoms with van der Waals surface area (Å²) >= 11 is 0. The van der Waals surface area contributed by atoms with Crippen LogP contribution in [0.2, 0.25) is 0 Å². The molecule has 0 aromatic heterocycles. The SMILES string of the molecule is CC1C(=O)NC(=O)CN1C(=O)NCCOCC(=O)O. The average Bonchev–Trinajstić information content (AvgIpc) is 2.32. The molecule has 1 heterocycles. The van der Waals surface area contributed by atoms with Gasteiger partial charge in [-0.25, -0.2) is 9.59 Å². The molecule has 0 saturated carbocycles. The highest BCUT2D eigenvalue weighted by atomic mass is 16.5. The highest BCUT2D eigenvalue weighted by molar-refractivity contribution is 6.03. The second kappa shape index (κ2) is 6.69. The van der Waals surface area contributed by atoms with Gasteiger partial charge >= 0.3 is 12.0 Å². The Hall–Kier alpha value is -2.16. The average molecular weight is 273 g/mol. The van der Waals surface area contributed by atoms with Crippen molar-refractivity contribution in [3.8, 4) is 0 Å². The van der Waals surface area contributed by atoms with Crippen molar-refractivity contribution in [1.29, 1.82) is 0 Å². The van der Waals surface area contributed by atoms with E-state index in [0.29, 0.717) is 0 Å². The van der Waals surface area contributed by atoms with Gasteiger partial charge in [-0.2, -0.15) is 0 Å². The number of carboxylic acid groups (broad SMARTS) is 1. The number of aliphatic carboxylic acids is 1. The number of carbonyl (C=O) groups is 4. The minimum absolute atomic E-state index is 0.0282. The van der Waals surface area contributed by atoms with Gasteiger partial charge in [0.1, 0.15) is 19.2 Å². The Bertz CT molecular complexity index is 397. The molecular weight excluding hydrogens is 258 g/mol. The van der Waals surface area contributed by atoms with Crippen LogP contribution in [-0.4, -0.2) is 66.2 Å². The highest BCUT2D eigenvalue weighted by Gasteiger charge is 2.33. The molecule has 0 aliphatic carbocycles. The third-order valence-corrected chi connectivity index (χ3v) is 2.43. The van der Waals surface area contributed by atoms with Crippen molar-refractivity contribution in [3.05, 3.63) is 0 Å². The minimum atomic E-state index is -1.10.